The zero-order valence-electron chi connectivity index (χ0n) is 17.0. The van der Waals surface area contributed by atoms with Gasteiger partial charge in [-0.05, 0) is 36.6 Å². The highest BCUT2D eigenvalue weighted by Gasteiger charge is 2.13. The molecule has 3 aromatic rings. The number of ether oxygens (including phenoxy) is 1. The maximum Gasteiger partial charge on any atom is 0.103 e. The van der Waals surface area contributed by atoms with Gasteiger partial charge in [0.15, 0.2) is 0 Å². The number of rotatable bonds is 5. The lowest BCUT2D eigenvalue weighted by Crippen LogP contribution is -2.35. The van der Waals surface area contributed by atoms with E-state index in [4.69, 9.17) is 4.74 Å². The van der Waals surface area contributed by atoms with Gasteiger partial charge in [-0.1, -0.05) is 35.9 Å². The molecule has 0 unspecified atom stereocenters. The summed E-state index contributed by atoms with van der Waals surface area (Å²) in [5.41, 5.74) is 7.18. The minimum Gasteiger partial charge on any atom is -0.379 e. The maximum absolute atomic E-state index is 9.59. The third-order valence-corrected chi connectivity index (χ3v) is 5.40. The number of morpholine rings is 1. The Balaban J connectivity index is 1.57. The van der Waals surface area contributed by atoms with E-state index in [0.717, 1.165) is 55.0 Å². The monoisotopic (exact) mass is 386 g/mol. The van der Waals surface area contributed by atoms with Gasteiger partial charge in [-0.25, -0.2) is 0 Å². The van der Waals surface area contributed by atoms with E-state index in [-0.39, 0.29) is 0 Å². The maximum atomic E-state index is 9.59. The summed E-state index contributed by atoms with van der Waals surface area (Å²) >= 11 is 0. The number of nitrogens with one attached hydrogen (secondary N) is 1. The number of aryl methyl sites for hydroxylation is 2. The van der Waals surface area contributed by atoms with E-state index in [2.05, 4.69) is 71.5 Å². The fourth-order valence-electron chi connectivity index (χ4n) is 3.98. The number of pyridine rings is 1. The van der Waals surface area contributed by atoms with Crippen molar-refractivity contribution in [2.45, 2.75) is 26.9 Å². The average Bonchev–Trinajstić information content (AvgIpc) is 2.73. The Hall–Kier alpha value is -2.94. The molecule has 0 spiro atoms. The summed E-state index contributed by atoms with van der Waals surface area (Å²) < 4.78 is 5.44. The van der Waals surface area contributed by atoms with Crippen molar-refractivity contribution in [3.8, 4) is 6.07 Å². The number of anilines is 1. The number of nitriles is 1. The van der Waals surface area contributed by atoms with Crippen LogP contribution in [0.25, 0.3) is 10.9 Å². The second-order valence-corrected chi connectivity index (χ2v) is 7.70. The van der Waals surface area contributed by atoms with Crippen LogP contribution in [-0.4, -0.2) is 36.2 Å². The van der Waals surface area contributed by atoms with E-state index in [1.807, 2.05) is 0 Å². The molecule has 0 amide bonds. The Kier molecular flexibility index (Phi) is 5.75. The molecule has 0 saturated carbocycles. The molecule has 4 rings (SSSR count). The quantitative estimate of drug-likeness (QED) is 0.713. The van der Waals surface area contributed by atoms with Crippen molar-refractivity contribution >= 4 is 16.6 Å². The van der Waals surface area contributed by atoms with Gasteiger partial charge in [0.05, 0.1) is 30.0 Å². The van der Waals surface area contributed by atoms with Crippen LogP contribution in [-0.2, 0) is 17.8 Å². The molecule has 1 aliphatic heterocycles. The van der Waals surface area contributed by atoms with Crippen LogP contribution < -0.4 is 5.32 Å². The first kappa shape index (κ1) is 19.4. The fraction of sp³-hybridized carbons (Fsp3) is 0.333. The summed E-state index contributed by atoms with van der Waals surface area (Å²) in [5.74, 6) is 0. The topological polar surface area (TPSA) is 61.2 Å². The highest BCUT2D eigenvalue weighted by Crippen LogP contribution is 2.29. The summed E-state index contributed by atoms with van der Waals surface area (Å²) in [6.45, 7) is 9.33. The Bertz CT molecular complexity index is 1060. The van der Waals surface area contributed by atoms with Crippen molar-refractivity contribution in [1.82, 2.24) is 9.88 Å². The van der Waals surface area contributed by atoms with Crippen molar-refractivity contribution in [2.24, 2.45) is 0 Å². The van der Waals surface area contributed by atoms with Crippen LogP contribution in [0.1, 0.15) is 27.8 Å². The Morgan fingerprint density at radius 2 is 1.93 bits per heavy atom. The second-order valence-electron chi connectivity index (χ2n) is 7.70. The van der Waals surface area contributed by atoms with Gasteiger partial charge < -0.3 is 10.1 Å². The van der Waals surface area contributed by atoms with Gasteiger partial charge in [0.25, 0.3) is 0 Å². The van der Waals surface area contributed by atoms with Gasteiger partial charge in [-0.15, -0.1) is 0 Å². The summed E-state index contributed by atoms with van der Waals surface area (Å²) in [6.07, 6.45) is 1.67. The first-order valence-corrected chi connectivity index (χ1v) is 10.1. The predicted octanol–water partition coefficient (Wildman–Crippen LogP) is 4.17. The third kappa shape index (κ3) is 4.40. The van der Waals surface area contributed by atoms with E-state index >= 15 is 0 Å². The molecule has 0 atom stereocenters. The highest BCUT2D eigenvalue weighted by molar-refractivity contribution is 5.96. The molecule has 5 heteroatoms. The van der Waals surface area contributed by atoms with Crippen molar-refractivity contribution in [2.75, 3.05) is 31.6 Å². The Morgan fingerprint density at radius 1 is 1.14 bits per heavy atom. The van der Waals surface area contributed by atoms with Crippen molar-refractivity contribution in [1.29, 1.82) is 5.26 Å². The van der Waals surface area contributed by atoms with Crippen LogP contribution in [0.2, 0.25) is 0 Å². The molecule has 0 bridgehead atoms. The Labute approximate surface area is 171 Å². The third-order valence-electron chi connectivity index (χ3n) is 5.40. The number of benzene rings is 2. The molecule has 0 aliphatic carbocycles. The fourth-order valence-corrected chi connectivity index (χ4v) is 3.98. The van der Waals surface area contributed by atoms with E-state index in [1.165, 1.54) is 16.7 Å². The molecule has 148 valence electrons. The summed E-state index contributed by atoms with van der Waals surface area (Å²) in [7, 11) is 0. The van der Waals surface area contributed by atoms with Gasteiger partial charge in [0.1, 0.15) is 6.07 Å². The lowest BCUT2D eigenvalue weighted by Gasteiger charge is -2.26. The number of nitrogens with zero attached hydrogens (tertiary/aromatic N) is 3. The summed E-state index contributed by atoms with van der Waals surface area (Å²) in [6, 6.07) is 15.2. The van der Waals surface area contributed by atoms with Crippen LogP contribution in [0.5, 0.6) is 0 Å². The van der Waals surface area contributed by atoms with Gasteiger partial charge >= 0.3 is 0 Å². The molecule has 0 radical (unpaired) electrons. The minimum absolute atomic E-state index is 0.576. The van der Waals surface area contributed by atoms with Crippen LogP contribution in [0, 0.1) is 25.2 Å². The van der Waals surface area contributed by atoms with Crippen LogP contribution in [0.4, 0.5) is 5.69 Å². The van der Waals surface area contributed by atoms with E-state index < -0.39 is 0 Å². The van der Waals surface area contributed by atoms with Crippen molar-refractivity contribution in [3.63, 3.8) is 0 Å². The molecular formula is C24H26N4O. The molecule has 2 heterocycles. The average molecular weight is 386 g/mol. The SMILES string of the molecule is Cc1cc(C)c2ncc(C#N)c(NCc3cccc(CN4CCOCC4)c3)c2c1. The second kappa shape index (κ2) is 8.60. The molecule has 5 nitrogen and oxygen atoms in total. The molecule has 1 aliphatic rings. The predicted molar refractivity (Wildman–Crippen MR) is 116 cm³/mol. The lowest BCUT2D eigenvalue weighted by atomic mass is 10.0. The first-order chi connectivity index (χ1) is 14.1. The molecule has 2 aromatic carbocycles. The van der Waals surface area contributed by atoms with E-state index in [0.29, 0.717) is 12.1 Å². The molecule has 1 aromatic heterocycles. The van der Waals surface area contributed by atoms with E-state index in [1.54, 1.807) is 6.20 Å². The number of hydrogen-bond donors (Lipinski definition) is 1. The molecule has 29 heavy (non-hydrogen) atoms. The Morgan fingerprint density at radius 3 is 2.72 bits per heavy atom. The van der Waals surface area contributed by atoms with Crippen LogP contribution in [0.15, 0.2) is 42.6 Å². The van der Waals surface area contributed by atoms with Gasteiger partial charge in [-0.2, -0.15) is 5.26 Å². The standard InChI is InChI=1S/C24H26N4O/c1-17-10-18(2)23-22(11-17)24(21(13-25)15-27-23)26-14-19-4-3-5-20(12-19)16-28-6-8-29-9-7-28/h3-5,10-12,15H,6-9,14,16H2,1-2H3,(H,26,27). The molecular weight excluding hydrogens is 360 g/mol. The number of hydrogen-bond acceptors (Lipinski definition) is 5. The smallest absolute Gasteiger partial charge is 0.103 e. The van der Waals surface area contributed by atoms with Gasteiger partial charge in [0, 0.05) is 37.8 Å². The first-order valence-electron chi connectivity index (χ1n) is 10.1. The van der Waals surface area contributed by atoms with Gasteiger partial charge in [-0.3, -0.25) is 9.88 Å². The molecule has 1 fully saturated rings. The number of fused-ring (bicyclic) bond motifs is 1. The van der Waals surface area contributed by atoms with Crippen molar-refractivity contribution in [3.05, 3.63) is 70.4 Å². The normalized spacial score (nSPS) is 14.7. The highest BCUT2D eigenvalue weighted by atomic mass is 16.5. The zero-order chi connectivity index (χ0) is 20.2. The number of aromatic nitrogens is 1. The van der Waals surface area contributed by atoms with Crippen LogP contribution in [0.3, 0.4) is 0 Å². The zero-order valence-corrected chi connectivity index (χ0v) is 17.0. The van der Waals surface area contributed by atoms with Crippen molar-refractivity contribution < 1.29 is 4.74 Å². The van der Waals surface area contributed by atoms with Gasteiger partial charge in [0.2, 0.25) is 0 Å². The molecule has 1 N–H and O–H groups in total. The van der Waals surface area contributed by atoms with Crippen LogP contribution >= 0.6 is 0 Å². The largest absolute Gasteiger partial charge is 0.379 e. The van der Waals surface area contributed by atoms with E-state index in [9.17, 15) is 5.26 Å². The summed E-state index contributed by atoms with van der Waals surface area (Å²) in [4.78, 5) is 6.93. The lowest BCUT2D eigenvalue weighted by molar-refractivity contribution is 0.0342. The molecule has 1 saturated heterocycles. The minimum atomic E-state index is 0.576. The summed E-state index contributed by atoms with van der Waals surface area (Å²) in [5, 5.41) is 14.1.